The summed E-state index contributed by atoms with van der Waals surface area (Å²) < 4.78 is 31.5. The van der Waals surface area contributed by atoms with Gasteiger partial charge in [-0.3, -0.25) is 10.7 Å². The molecule has 0 fully saturated rings. The third kappa shape index (κ3) is 2.89. The summed E-state index contributed by atoms with van der Waals surface area (Å²) in [5.74, 6) is -1.75. The Bertz CT molecular complexity index is 570. The third-order valence-electron chi connectivity index (χ3n) is 2.36. The lowest BCUT2D eigenvalue weighted by atomic mass is 10.2. The molecule has 0 spiro atoms. The van der Waals surface area contributed by atoms with E-state index in [1.807, 2.05) is 5.48 Å². The number of benzene rings is 1. The molecule has 0 atom stereocenters. The van der Waals surface area contributed by atoms with E-state index in [-0.39, 0.29) is 5.69 Å². The molecule has 100 valence electrons. The molecule has 0 saturated carbocycles. The number of anilines is 3. The number of methoxy groups -OCH3 is 1. The van der Waals surface area contributed by atoms with Crippen LogP contribution in [0, 0.1) is 11.6 Å². The maximum absolute atomic E-state index is 13.5. The van der Waals surface area contributed by atoms with Crippen molar-refractivity contribution in [3.05, 3.63) is 42.1 Å². The van der Waals surface area contributed by atoms with Crippen molar-refractivity contribution in [1.82, 2.24) is 4.98 Å². The summed E-state index contributed by atoms with van der Waals surface area (Å²) in [7, 11) is 1.19. The second-order valence-corrected chi connectivity index (χ2v) is 3.64. The smallest absolute Gasteiger partial charge is 0.190 e. The molecule has 0 radical (unpaired) electrons. The second-order valence-electron chi connectivity index (χ2n) is 3.64. The molecule has 2 rings (SSSR count). The number of ether oxygens (including phenoxy) is 1. The van der Waals surface area contributed by atoms with Crippen LogP contribution in [-0.2, 0) is 0 Å². The number of rotatable bonds is 4. The van der Waals surface area contributed by atoms with Crippen LogP contribution in [0.2, 0.25) is 0 Å². The summed E-state index contributed by atoms with van der Waals surface area (Å²) in [6, 6.07) is 5.17. The highest BCUT2D eigenvalue weighted by Gasteiger charge is 2.11. The summed E-state index contributed by atoms with van der Waals surface area (Å²) in [4.78, 5) is 3.95. The maximum atomic E-state index is 13.5. The largest absolute Gasteiger partial charge is 0.491 e. The first kappa shape index (κ1) is 13.0. The van der Waals surface area contributed by atoms with Crippen molar-refractivity contribution in [1.29, 1.82) is 0 Å². The van der Waals surface area contributed by atoms with Gasteiger partial charge in [-0.1, -0.05) is 0 Å². The van der Waals surface area contributed by atoms with Gasteiger partial charge in [0.15, 0.2) is 17.4 Å². The standard InChI is InChI=1S/C12H11F2N3O2/c1-19-12-9(13)4-8(5-10(12)14)16-11-6-7(17-18)2-3-15-11/h2-6,18H,1H3,(H2,15,16,17). The van der Waals surface area contributed by atoms with Crippen LogP contribution >= 0.6 is 0 Å². The van der Waals surface area contributed by atoms with Gasteiger partial charge in [0.2, 0.25) is 0 Å². The van der Waals surface area contributed by atoms with Crippen LogP contribution in [-0.4, -0.2) is 17.3 Å². The van der Waals surface area contributed by atoms with E-state index in [4.69, 9.17) is 5.21 Å². The van der Waals surface area contributed by atoms with Gasteiger partial charge in [-0.25, -0.2) is 13.8 Å². The van der Waals surface area contributed by atoms with Crippen LogP contribution in [0.1, 0.15) is 0 Å². The molecule has 0 bridgehead atoms. The Morgan fingerprint density at radius 3 is 2.42 bits per heavy atom. The molecule has 0 unspecified atom stereocenters. The highest BCUT2D eigenvalue weighted by Crippen LogP contribution is 2.27. The zero-order valence-corrected chi connectivity index (χ0v) is 9.95. The van der Waals surface area contributed by atoms with Crippen LogP contribution in [0.15, 0.2) is 30.5 Å². The molecule has 7 heteroatoms. The Labute approximate surface area is 107 Å². The van der Waals surface area contributed by atoms with Crippen molar-refractivity contribution < 1.29 is 18.7 Å². The van der Waals surface area contributed by atoms with Crippen molar-refractivity contribution in [3.8, 4) is 5.75 Å². The van der Waals surface area contributed by atoms with Crippen LogP contribution in [0.4, 0.5) is 26.0 Å². The van der Waals surface area contributed by atoms with Gasteiger partial charge in [-0.15, -0.1) is 0 Å². The molecule has 2 aromatic rings. The van der Waals surface area contributed by atoms with Gasteiger partial charge in [0.1, 0.15) is 5.82 Å². The van der Waals surface area contributed by atoms with Crippen LogP contribution in [0.5, 0.6) is 5.75 Å². The molecule has 3 N–H and O–H groups in total. The Morgan fingerprint density at radius 1 is 1.16 bits per heavy atom. The van der Waals surface area contributed by atoms with E-state index < -0.39 is 17.4 Å². The minimum Gasteiger partial charge on any atom is -0.491 e. The van der Waals surface area contributed by atoms with Gasteiger partial charge >= 0.3 is 0 Å². The molecular formula is C12H11F2N3O2. The molecule has 0 amide bonds. The van der Waals surface area contributed by atoms with E-state index in [1.54, 1.807) is 0 Å². The summed E-state index contributed by atoms with van der Waals surface area (Å²) in [6.45, 7) is 0. The number of hydrogen-bond acceptors (Lipinski definition) is 5. The summed E-state index contributed by atoms with van der Waals surface area (Å²) in [6.07, 6.45) is 1.43. The van der Waals surface area contributed by atoms with Crippen LogP contribution in [0.25, 0.3) is 0 Å². The Balaban J connectivity index is 2.28. The SMILES string of the molecule is COc1c(F)cc(Nc2cc(NO)ccn2)cc1F. The van der Waals surface area contributed by atoms with E-state index in [9.17, 15) is 8.78 Å². The molecule has 1 aromatic heterocycles. The van der Waals surface area contributed by atoms with Crippen molar-refractivity contribution >= 4 is 17.2 Å². The van der Waals surface area contributed by atoms with Crippen molar-refractivity contribution in [2.24, 2.45) is 0 Å². The van der Waals surface area contributed by atoms with Crippen molar-refractivity contribution in [2.75, 3.05) is 17.9 Å². The first-order valence-electron chi connectivity index (χ1n) is 5.30. The second kappa shape index (κ2) is 5.49. The maximum Gasteiger partial charge on any atom is 0.190 e. The van der Waals surface area contributed by atoms with Gasteiger partial charge in [0, 0.05) is 30.1 Å². The Kier molecular flexibility index (Phi) is 3.76. The summed E-state index contributed by atoms with van der Waals surface area (Å²) >= 11 is 0. The van der Waals surface area contributed by atoms with E-state index >= 15 is 0 Å². The summed E-state index contributed by atoms with van der Waals surface area (Å²) in [5.41, 5.74) is 2.52. The molecule has 5 nitrogen and oxygen atoms in total. The zero-order chi connectivity index (χ0) is 13.8. The number of nitrogens with one attached hydrogen (secondary N) is 2. The molecule has 19 heavy (non-hydrogen) atoms. The zero-order valence-electron chi connectivity index (χ0n) is 9.95. The van der Waals surface area contributed by atoms with E-state index in [0.29, 0.717) is 11.5 Å². The fraction of sp³-hybridized carbons (Fsp3) is 0.0833. The van der Waals surface area contributed by atoms with Crippen molar-refractivity contribution in [2.45, 2.75) is 0 Å². The average Bonchev–Trinajstić information content (AvgIpc) is 2.38. The van der Waals surface area contributed by atoms with Gasteiger partial charge in [0.25, 0.3) is 0 Å². The highest BCUT2D eigenvalue weighted by molar-refractivity contribution is 5.61. The molecular weight excluding hydrogens is 256 g/mol. The highest BCUT2D eigenvalue weighted by atomic mass is 19.1. The molecule has 1 heterocycles. The van der Waals surface area contributed by atoms with Gasteiger partial charge in [-0.2, -0.15) is 0 Å². The molecule has 0 aliphatic rings. The number of pyridine rings is 1. The average molecular weight is 267 g/mol. The predicted molar refractivity (Wildman–Crippen MR) is 65.8 cm³/mol. The lowest BCUT2D eigenvalue weighted by Gasteiger charge is -2.09. The third-order valence-corrected chi connectivity index (χ3v) is 2.36. The van der Waals surface area contributed by atoms with Gasteiger partial charge in [-0.05, 0) is 6.07 Å². The molecule has 0 aliphatic carbocycles. The van der Waals surface area contributed by atoms with E-state index in [0.717, 1.165) is 12.1 Å². The predicted octanol–water partition coefficient (Wildman–Crippen LogP) is 2.91. The minimum atomic E-state index is -0.818. The fourth-order valence-electron chi connectivity index (χ4n) is 1.54. The number of nitrogens with zero attached hydrogens (tertiary/aromatic N) is 1. The first-order chi connectivity index (χ1) is 9.13. The monoisotopic (exact) mass is 267 g/mol. The Hall–Kier alpha value is -2.41. The lowest BCUT2D eigenvalue weighted by Crippen LogP contribution is -1.99. The van der Waals surface area contributed by atoms with Crippen LogP contribution in [0.3, 0.4) is 0 Å². The molecule has 0 saturated heterocycles. The quantitative estimate of drug-likeness (QED) is 0.743. The molecule has 0 aliphatic heterocycles. The first-order valence-corrected chi connectivity index (χ1v) is 5.30. The Morgan fingerprint density at radius 2 is 1.84 bits per heavy atom. The van der Waals surface area contributed by atoms with Crippen LogP contribution < -0.4 is 15.5 Å². The van der Waals surface area contributed by atoms with E-state index in [2.05, 4.69) is 15.0 Å². The number of hydrogen-bond donors (Lipinski definition) is 3. The molecule has 1 aromatic carbocycles. The number of aromatic nitrogens is 1. The summed E-state index contributed by atoms with van der Waals surface area (Å²) in [5, 5.41) is 11.5. The number of halogens is 2. The van der Waals surface area contributed by atoms with E-state index in [1.165, 1.54) is 25.4 Å². The normalized spacial score (nSPS) is 10.1. The van der Waals surface area contributed by atoms with Gasteiger partial charge in [0.05, 0.1) is 12.8 Å². The van der Waals surface area contributed by atoms with Crippen molar-refractivity contribution in [3.63, 3.8) is 0 Å². The van der Waals surface area contributed by atoms with Gasteiger partial charge < -0.3 is 10.1 Å². The minimum absolute atomic E-state index is 0.179. The fourth-order valence-corrected chi connectivity index (χ4v) is 1.54. The topological polar surface area (TPSA) is 66.4 Å². The lowest BCUT2D eigenvalue weighted by molar-refractivity contribution is 0.360.